The van der Waals surface area contributed by atoms with Crippen molar-refractivity contribution in [1.29, 1.82) is 0 Å². The van der Waals surface area contributed by atoms with E-state index >= 15 is 0 Å². The number of carbonyl (C=O) groups is 1. The summed E-state index contributed by atoms with van der Waals surface area (Å²) in [4.78, 5) is 12.2. The van der Waals surface area contributed by atoms with E-state index in [0.717, 1.165) is 32.3 Å². The molecule has 0 radical (unpaired) electrons. The van der Waals surface area contributed by atoms with Crippen molar-refractivity contribution in [3.05, 3.63) is 0 Å². The van der Waals surface area contributed by atoms with E-state index in [1.54, 1.807) is 0 Å². The first-order valence-corrected chi connectivity index (χ1v) is 6.86. The van der Waals surface area contributed by atoms with Gasteiger partial charge in [0.25, 0.3) is 0 Å². The molecule has 3 nitrogen and oxygen atoms in total. The monoisotopic (exact) mass is 239 g/mol. The zero-order valence-electron chi connectivity index (χ0n) is 11.1. The van der Waals surface area contributed by atoms with Crippen LogP contribution in [-0.4, -0.2) is 23.5 Å². The maximum Gasteiger partial charge on any atom is 0.137 e. The van der Waals surface area contributed by atoms with Gasteiger partial charge in [-0.1, -0.05) is 12.8 Å². The molecule has 1 aliphatic carbocycles. The number of nitrogens with two attached hydrogens (primary N) is 1. The molecular formula is C14H25NO2. The minimum atomic E-state index is -0.377. The van der Waals surface area contributed by atoms with Gasteiger partial charge in [-0.2, -0.15) is 0 Å². The van der Waals surface area contributed by atoms with Crippen molar-refractivity contribution in [2.24, 2.45) is 11.7 Å². The van der Waals surface area contributed by atoms with Crippen LogP contribution in [0.2, 0.25) is 0 Å². The summed E-state index contributed by atoms with van der Waals surface area (Å²) >= 11 is 0. The molecule has 1 saturated carbocycles. The lowest BCUT2D eigenvalue weighted by Gasteiger charge is -2.38. The molecule has 0 bridgehead atoms. The Balaban J connectivity index is 1.95. The van der Waals surface area contributed by atoms with Crippen LogP contribution in [-0.2, 0) is 9.53 Å². The fourth-order valence-electron chi connectivity index (χ4n) is 3.26. The van der Waals surface area contributed by atoms with Crippen molar-refractivity contribution in [2.75, 3.05) is 6.61 Å². The normalized spacial score (nSPS) is 28.5. The van der Waals surface area contributed by atoms with E-state index in [-0.39, 0.29) is 17.1 Å². The van der Waals surface area contributed by atoms with Gasteiger partial charge >= 0.3 is 0 Å². The summed E-state index contributed by atoms with van der Waals surface area (Å²) in [5.74, 6) is 0.525. The molecule has 1 saturated heterocycles. The second-order valence-electron chi connectivity index (χ2n) is 6.56. The maximum atomic E-state index is 12.2. The van der Waals surface area contributed by atoms with Crippen LogP contribution in [0.1, 0.15) is 58.8 Å². The summed E-state index contributed by atoms with van der Waals surface area (Å²) in [6.45, 7) is 4.60. The van der Waals surface area contributed by atoms with Gasteiger partial charge in [0.2, 0.25) is 0 Å². The van der Waals surface area contributed by atoms with Gasteiger partial charge in [0.15, 0.2) is 0 Å². The third-order valence-corrected chi connectivity index (χ3v) is 4.09. The highest BCUT2D eigenvalue weighted by atomic mass is 16.5. The zero-order valence-corrected chi connectivity index (χ0v) is 11.1. The molecule has 0 aromatic rings. The number of hydrogen-bond donors (Lipinski definition) is 1. The topological polar surface area (TPSA) is 52.3 Å². The fourth-order valence-corrected chi connectivity index (χ4v) is 3.26. The van der Waals surface area contributed by atoms with Gasteiger partial charge in [-0.05, 0) is 39.5 Å². The molecule has 1 heterocycles. The largest absolute Gasteiger partial charge is 0.375 e. The van der Waals surface area contributed by atoms with E-state index in [4.69, 9.17) is 10.5 Å². The van der Waals surface area contributed by atoms with Gasteiger partial charge in [-0.3, -0.25) is 4.79 Å². The summed E-state index contributed by atoms with van der Waals surface area (Å²) < 4.78 is 5.95. The molecule has 1 spiro atoms. The standard InChI is InChI=1S/C14H25NO2/c1-13(2,15)10-12(16)11-5-8-17-14(9-11)6-3-4-7-14/h11H,3-10,15H2,1-2H3. The quantitative estimate of drug-likeness (QED) is 0.823. The lowest BCUT2D eigenvalue weighted by molar-refractivity contribution is -0.137. The molecule has 0 amide bonds. The highest BCUT2D eigenvalue weighted by Crippen LogP contribution is 2.42. The number of ether oxygens (including phenoxy) is 1. The minimum Gasteiger partial charge on any atom is -0.375 e. The molecule has 3 heteroatoms. The number of rotatable bonds is 3. The molecule has 98 valence electrons. The zero-order chi connectivity index (χ0) is 12.5. The fraction of sp³-hybridized carbons (Fsp3) is 0.929. The molecule has 0 aromatic heterocycles. The predicted molar refractivity (Wildman–Crippen MR) is 67.8 cm³/mol. The Morgan fingerprint density at radius 3 is 2.65 bits per heavy atom. The first-order valence-electron chi connectivity index (χ1n) is 6.86. The predicted octanol–water partition coefficient (Wildman–Crippen LogP) is 2.42. The first kappa shape index (κ1) is 13.0. The van der Waals surface area contributed by atoms with E-state index in [9.17, 15) is 4.79 Å². The van der Waals surface area contributed by atoms with Gasteiger partial charge in [0.05, 0.1) is 5.60 Å². The van der Waals surface area contributed by atoms with E-state index in [1.807, 2.05) is 13.8 Å². The molecule has 1 aliphatic heterocycles. The minimum absolute atomic E-state index is 0.0390. The van der Waals surface area contributed by atoms with Crippen molar-refractivity contribution in [2.45, 2.75) is 69.9 Å². The second-order valence-corrected chi connectivity index (χ2v) is 6.56. The van der Waals surface area contributed by atoms with Crippen LogP contribution in [0, 0.1) is 5.92 Å². The van der Waals surface area contributed by atoms with Crippen LogP contribution < -0.4 is 5.73 Å². The SMILES string of the molecule is CC(C)(N)CC(=O)C1CCOC2(CCCC2)C1. The first-order chi connectivity index (χ1) is 7.90. The van der Waals surface area contributed by atoms with Gasteiger partial charge in [0.1, 0.15) is 5.78 Å². The van der Waals surface area contributed by atoms with Crippen LogP contribution in [0.4, 0.5) is 0 Å². The van der Waals surface area contributed by atoms with E-state index in [2.05, 4.69) is 0 Å². The van der Waals surface area contributed by atoms with Crippen molar-refractivity contribution < 1.29 is 9.53 Å². The summed E-state index contributed by atoms with van der Waals surface area (Å²) in [7, 11) is 0. The highest BCUT2D eigenvalue weighted by molar-refractivity contribution is 5.82. The third kappa shape index (κ3) is 3.29. The second kappa shape index (κ2) is 4.69. The molecule has 2 fully saturated rings. The molecule has 2 N–H and O–H groups in total. The van der Waals surface area contributed by atoms with Crippen molar-refractivity contribution in [3.63, 3.8) is 0 Å². The Morgan fingerprint density at radius 2 is 2.06 bits per heavy atom. The summed E-state index contributed by atoms with van der Waals surface area (Å²) in [6.07, 6.45) is 7.10. The van der Waals surface area contributed by atoms with E-state index < -0.39 is 0 Å². The van der Waals surface area contributed by atoms with Crippen LogP contribution in [0.3, 0.4) is 0 Å². The molecule has 2 aliphatic rings. The van der Waals surface area contributed by atoms with Crippen LogP contribution in [0.5, 0.6) is 0 Å². The Morgan fingerprint density at radius 1 is 1.41 bits per heavy atom. The van der Waals surface area contributed by atoms with Crippen molar-refractivity contribution in [3.8, 4) is 0 Å². The molecule has 17 heavy (non-hydrogen) atoms. The van der Waals surface area contributed by atoms with Crippen LogP contribution in [0.15, 0.2) is 0 Å². The maximum absolute atomic E-state index is 12.2. The summed E-state index contributed by atoms with van der Waals surface area (Å²) in [6, 6.07) is 0. The lowest BCUT2D eigenvalue weighted by Crippen LogP contribution is -2.42. The Bertz CT molecular complexity index is 287. The number of ketones is 1. The molecule has 0 aromatic carbocycles. The van der Waals surface area contributed by atoms with Crippen LogP contribution in [0.25, 0.3) is 0 Å². The van der Waals surface area contributed by atoms with Crippen molar-refractivity contribution >= 4 is 5.78 Å². The number of carbonyl (C=O) groups excluding carboxylic acids is 1. The average molecular weight is 239 g/mol. The summed E-state index contributed by atoms with van der Waals surface area (Å²) in [5, 5.41) is 0. The highest BCUT2D eigenvalue weighted by Gasteiger charge is 2.42. The van der Waals surface area contributed by atoms with Gasteiger partial charge in [-0.25, -0.2) is 0 Å². The Hall–Kier alpha value is -0.410. The third-order valence-electron chi connectivity index (χ3n) is 4.09. The van der Waals surface area contributed by atoms with Gasteiger partial charge in [-0.15, -0.1) is 0 Å². The van der Waals surface area contributed by atoms with Crippen LogP contribution >= 0.6 is 0 Å². The number of Topliss-reactive ketones (excluding diaryl/α,β-unsaturated/α-hetero) is 1. The lowest BCUT2D eigenvalue weighted by atomic mass is 9.79. The van der Waals surface area contributed by atoms with E-state index in [0.29, 0.717) is 12.2 Å². The van der Waals surface area contributed by atoms with Gasteiger partial charge in [0, 0.05) is 24.5 Å². The van der Waals surface area contributed by atoms with E-state index in [1.165, 1.54) is 12.8 Å². The molecule has 1 unspecified atom stereocenters. The Labute approximate surface area is 104 Å². The summed E-state index contributed by atoms with van der Waals surface area (Å²) in [5.41, 5.74) is 5.60. The van der Waals surface area contributed by atoms with Crippen molar-refractivity contribution in [1.82, 2.24) is 0 Å². The molecule has 1 atom stereocenters. The van der Waals surface area contributed by atoms with Gasteiger partial charge < -0.3 is 10.5 Å². The smallest absolute Gasteiger partial charge is 0.137 e. The average Bonchev–Trinajstić information content (AvgIpc) is 2.64. The Kier molecular flexibility index (Phi) is 3.60. The number of hydrogen-bond acceptors (Lipinski definition) is 3. The molecular weight excluding hydrogens is 214 g/mol. The molecule has 2 rings (SSSR count).